The predicted molar refractivity (Wildman–Crippen MR) is 92.0 cm³/mol. The number of aromatic nitrogens is 1. The molecule has 1 amide bonds. The van der Waals surface area contributed by atoms with Crippen LogP contribution in [0, 0.1) is 5.92 Å². The van der Waals surface area contributed by atoms with E-state index in [0.29, 0.717) is 17.6 Å². The maximum Gasteiger partial charge on any atom is 0.243 e. The number of amides is 1. The minimum absolute atomic E-state index is 0.0375. The summed E-state index contributed by atoms with van der Waals surface area (Å²) in [6, 6.07) is 7.69. The molecule has 0 spiro atoms. The van der Waals surface area contributed by atoms with E-state index < -0.39 is 0 Å². The summed E-state index contributed by atoms with van der Waals surface area (Å²) in [6.07, 6.45) is 0. The van der Waals surface area contributed by atoms with Gasteiger partial charge in [0.2, 0.25) is 5.91 Å². The van der Waals surface area contributed by atoms with Crippen molar-refractivity contribution in [2.75, 3.05) is 24.4 Å². The molecule has 0 fully saturated rings. The molecular weight excluding hydrogens is 320 g/mol. The van der Waals surface area contributed by atoms with E-state index in [1.165, 1.54) is 11.3 Å². The molecule has 0 unspecified atom stereocenters. The van der Waals surface area contributed by atoms with E-state index in [1.54, 1.807) is 12.0 Å². The van der Waals surface area contributed by atoms with Gasteiger partial charge in [-0.05, 0) is 30.2 Å². The average molecular weight is 339 g/mol. The minimum atomic E-state index is -0.119. The molecule has 118 valence electrons. The zero-order valence-corrected chi connectivity index (χ0v) is 14.4. The number of nitrogens with zero attached hydrogens (tertiary/aromatic N) is 2. The smallest absolute Gasteiger partial charge is 0.243 e. The molecule has 0 N–H and O–H groups in total. The van der Waals surface area contributed by atoms with Crippen molar-refractivity contribution in [2.24, 2.45) is 5.92 Å². The minimum Gasteiger partial charge on any atom is -0.497 e. The third kappa shape index (κ3) is 3.99. The van der Waals surface area contributed by atoms with Gasteiger partial charge in [0.25, 0.3) is 0 Å². The zero-order chi connectivity index (χ0) is 16.1. The first kappa shape index (κ1) is 16.8. The first-order valence-electron chi connectivity index (χ1n) is 7.01. The highest BCUT2D eigenvalue weighted by molar-refractivity contribution is 7.14. The molecule has 4 nitrogen and oxygen atoms in total. The number of benzene rings is 1. The number of carbonyl (C=O) groups is 1. The number of carbonyl (C=O) groups excluding carboxylic acids is 1. The van der Waals surface area contributed by atoms with Gasteiger partial charge < -0.3 is 4.74 Å². The number of halogens is 1. The molecule has 1 aromatic carbocycles. The summed E-state index contributed by atoms with van der Waals surface area (Å²) in [6.45, 7) is 4.74. The zero-order valence-electron chi connectivity index (χ0n) is 12.9. The van der Waals surface area contributed by atoms with Crippen molar-refractivity contribution in [1.29, 1.82) is 0 Å². The second-order valence-corrected chi connectivity index (χ2v) is 6.38. The van der Waals surface area contributed by atoms with Gasteiger partial charge in [-0.1, -0.05) is 13.8 Å². The SMILES string of the molecule is COc1ccc(-c2csc(N(CC(C)C)C(=O)CCl)n2)cc1. The predicted octanol–water partition coefficient (Wildman–Crippen LogP) is 4.05. The van der Waals surface area contributed by atoms with Crippen LogP contribution in [-0.2, 0) is 4.79 Å². The lowest BCUT2D eigenvalue weighted by atomic mass is 10.2. The highest BCUT2D eigenvalue weighted by atomic mass is 35.5. The van der Waals surface area contributed by atoms with Crippen molar-refractivity contribution in [1.82, 2.24) is 4.98 Å². The maximum atomic E-state index is 12.0. The van der Waals surface area contributed by atoms with Crippen LogP contribution >= 0.6 is 22.9 Å². The first-order chi connectivity index (χ1) is 10.5. The Balaban J connectivity index is 2.25. The van der Waals surface area contributed by atoms with Crippen molar-refractivity contribution in [3.8, 4) is 17.0 Å². The molecule has 2 aromatic rings. The highest BCUT2D eigenvalue weighted by Crippen LogP contribution is 2.29. The van der Waals surface area contributed by atoms with E-state index in [2.05, 4.69) is 18.8 Å². The molecule has 6 heteroatoms. The van der Waals surface area contributed by atoms with E-state index in [0.717, 1.165) is 17.0 Å². The molecule has 22 heavy (non-hydrogen) atoms. The lowest BCUT2D eigenvalue weighted by molar-refractivity contribution is -0.116. The first-order valence-corrected chi connectivity index (χ1v) is 8.42. The van der Waals surface area contributed by atoms with Gasteiger partial charge >= 0.3 is 0 Å². The normalized spacial score (nSPS) is 10.8. The molecule has 0 aliphatic heterocycles. The molecular formula is C16H19ClN2O2S. The Hall–Kier alpha value is -1.59. The Labute approximate surface area is 139 Å². The number of hydrogen-bond donors (Lipinski definition) is 0. The Morgan fingerprint density at radius 2 is 2.05 bits per heavy atom. The molecule has 1 aromatic heterocycles. The molecule has 1 heterocycles. The second-order valence-electron chi connectivity index (χ2n) is 5.28. The van der Waals surface area contributed by atoms with Gasteiger partial charge in [-0.3, -0.25) is 9.69 Å². The van der Waals surface area contributed by atoms with Gasteiger partial charge in [0.05, 0.1) is 12.8 Å². The van der Waals surface area contributed by atoms with Crippen LogP contribution in [0.1, 0.15) is 13.8 Å². The van der Waals surface area contributed by atoms with Gasteiger partial charge in [0.1, 0.15) is 11.6 Å². The highest BCUT2D eigenvalue weighted by Gasteiger charge is 2.19. The monoisotopic (exact) mass is 338 g/mol. The van der Waals surface area contributed by atoms with Crippen LogP contribution in [-0.4, -0.2) is 30.4 Å². The fourth-order valence-electron chi connectivity index (χ4n) is 2.01. The van der Waals surface area contributed by atoms with Crippen molar-refractivity contribution in [3.05, 3.63) is 29.6 Å². The summed E-state index contributed by atoms with van der Waals surface area (Å²) in [5, 5.41) is 2.64. The topological polar surface area (TPSA) is 42.4 Å². The molecule has 0 atom stereocenters. The summed E-state index contributed by atoms with van der Waals surface area (Å²) < 4.78 is 5.15. The fourth-order valence-corrected chi connectivity index (χ4v) is 3.01. The van der Waals surface area contributed by atoms with Crippen molar-refractivity contribution < 1.29 is 9.53 Å². The summed E-state index contributed by atoms with van der Waals surface area (Å²) in [5.74, 6) is 0.994. The third-order valence-corrected chi connectivity index (χ3v) is 4.16. The number of ether oxygens (including phenoxy) is 1. The van der Waals surface area contributed by atoms with Gasteiger partial charge in [-0.2, -0.15) is 0 Å². The molecule has 0 aliphatic carbocycles. The quantitative estimate of drug-likeness (QED) is 0.746. The van der Waals surface area contributed by atoms with Gasteiger partial charge in [-0.25, -0.2) is 4.98 Å². The molecule has 0 radical (unpaired) electrons. The Morgan fingerprint density at radius 3 is 2.59 bits per heavy atom. The number of thiazole rings is 1. The number of anilines is 1. The maximum absolute atomic E-state index is 12.0. The molecule has 0 saturated carbocycles. The third-order valence-electron chi connectivity index (χ3n) is 3.07. The van der Waals surface area contributed by atoms with Crippen molar-refractivity contribution >= 4 is 34.0 Å². The van der Waals surface area contributed by atoms with Crippen LogP contribution < -0.4 is 9.64 Å². The number of hydrogen-bond acceptors (Lipinski definition) is 4. The lowest BCUT2D eigenvalue weighted by Crippen LogP contribution is -2.35. The molecule has 0 bridgehead atoms. The Kier molecular flexibility index (Phi) is 5.80. The lowest BCUT2D eigenvalue weighted by Gasteiger charge is -2.20. The van der Waals surface area contributed by atoms with Crippen LogP contribution in [0.5, 0.6) is 5.75 Å². The van der Waals surface area contributed by atoms with Crippen molar-refractivity contribution in [3.63, 3.8) is 0 Å². The number of methoxy groups -OCH3 is 1. The standard InChI is InChI=1S/C16H19ClN2O2S/c1-11(2)9-19(15(20)8-17)16-18-14(10-22-16)12-4-6-13(21-3)7-5-12/h4-7,10-11H,8-9H2,1-3H3. The van der Waals surface area contributed by atoms with Crippen molar-refractivity contribution in [2.45, 2.75) is 13.8 Å². The molecule has 2 rings (SSSR count). The van der Waals surface area contributed by atoms with Gasteiger partial charge in [-0.15, -0.1) is 22.9 Å². The summed E-state index contributed by atoms with van der Waals surface area (Å²) >= 11 is 7.16. The fraction of sp³-hybridized carbons (Fsp3) is 0.375. The second kappa shape index (κ2) is 7.61. The van der Waals surface area contributed by atoms with Crippen LogP contribution in [0.3, 0.4) is 0 Å². The largest absolute Gasteiger partial charge is 0.497 e. The molecule has 0 aliphatic rings. The van der Waals surface area contributed by atoms with Gasteiger partial charge in [0.15, 0.2) is 5.13 Å². The van der Waals surface area contributed by atoms with Gasteiger partial charge in [0, 0.05) is 17.5 Å². The Bertz CT molecular complexity index is 625. The molecule has 0 saturated heterocycles. The van der Waals surface area contributed by atoms with E-state index in [4.69, 9.17) is 16.3 Å². The van der Waals surface area contributed by atoms with E-state index in [-0.39, 0.29) is 11.8 Å². The van der Waals surface area contributed by atoms with Crippen LogP contribution in [0.4, 0.5) is 5.13 Å². The van der Waals surface area contributed by atoms with Crippen LogP contribution in [0.2, 0.25) is 0 Å². The summed E-state index contributed by atoms with van der Waals surface area (Å²) in [4.78, 5) is 18.3. The number of alkyl halides is 1. The van der Waals surface area contributed by atoms with E-state index in [1.807, 2.05) is 29.6 Å². The average Bonchev–Trinajstić information content (AvgIpc) is 3.01. The Morgan fingerprint density at radius 1 is 1.36 bits per heavy atom. The van der Waals surface area contributed by atoms with Crippen LogP contribution in [0.15, 0.2) is 29.6 Å². The van der Waals surface area contributed by atoms with E-state index in [9.17, 15) is 4.79 Å². The van der Waals surface area contributed by atoms with Crippen LogP contribution in [0.25, 0.3) is 11.3 Å². The summed E-state index contributed by atoms with van der Waals surface area (Å²) in [5.41, 5.74) is 1.84. The summed E-state index contributed by atoms with van der Waals surface area (Å²) in [7, 11) is 1.64. The number of rotatable bonds is 6. The van der Waals surface area contributed by atoms with E-state index >= 15 is 0 Å².